The van der Waals surface area contributed by atoms with Crippen molar-refractivity contribution in [2.75, 3.05) is 0 Å². The van der Waals surface area contributed by atoms with Gasteiger partial charge in [-0.1, -0.05) is 19.8 Å². The van der Waals surface area contributed by atoms with Crippen molar-refractivity contribution in [2.45, 2.75) is 38.6 Å². The first-order valence-electron chi connectivity index (χ1n) is 6.92. The molecule has 0 aliphatic heterocycles. The molecule has 1 aliphatic carbocycles. The number of hydrogen-bond acceptors (Lipinski definition) is 4. The maximum absolute atomic E-state index is 11.5. The van der Waals surface area contributed by atoms with Crippen molar-refractivity contribution in [3.8, 4) is 0 Å². The van der Waals surface area contributed by atoms with Crippen LogP contribution in [0.25, 0.3) is 0 Å². The number of nitrogens with one attached hydrogen (secondary N) is 1. The summed E-state index contributed by atoms with van der Waals surface area (Å²) in [5.41, 5.74) is 12.3. The summed E-state index contributed by atoms with van der Waals surface area (Å²) in [7, 11) is 0. The first-order chi connectivity index (χ1) is 9.63. The summed E-state index contributed by atoms with van der Waals surface area (Å²) < 4.78 is 0. The van der Waals surface area contributed by atoms with Gasteiger partial charge in [-0.25, -0.2) is 4.98 Å². The molecule has 6 heteroatoms. The number of rotatable bonds is 4. The summed E-state index contributed by atoms with van der Waals surface area (Å²) >= 11 is 0. The molecule has 0 saturated heterocycles. The molecule has 2 atom stereocenters. The Morgan fingerprint density at radius 3 is 2.80 bits per heavy atom. The summed E-state index contributed by atoms with van der Waals surface area (Å²) in [4.78, 5) is 23.2. The summed E-state index contributed by atoms with van der Waals surface area (Å²) in [6.07, 6.45) is 8.96. The second-order valence-corrected chi connectivity index (χ2v) is 5.22. The van der Waals surface area contributed by atoms with Crippen molar-refractivity contribution >= 4 is 11.6 Å². The Bertz CT molecular complexity index is 518. The van der Waals surface area contributed by atoms with Crippen LogP contribution < -0.4 is 11.5 Å². The molecule has 1 amide bonds. The highest BCUT2D eigenvalue weighted by atomic mass is 16.1. The number of hydrogen-bond donors (Lipinski definition) is 3. The van der Waals surface area contributed by atoms with Crippen LogP contribution in [0.5, 0.6) is 0 Å². The molecular formula is C14H21N5O. The number of aliphatic imine (C=N–C) groups is 1. The van der Waals surface area contributed by atoms with Crippen LogP contribution in [0.2, 0.25) is 0 Å². The molecule has 0 radical (unpaired) electrons. The molecule has 1 fully saturated rings. The smallest absolute Gasteiger partial charge is 0.252 e. The number of carbonyl (C=O) groups is 1. The van der Waals surface area contributed by atoms with Gasteiger partial charge in [-0.3, -0.25) is 9.79 Å². The van der Waals surface area contributed by atoms with E-state index in [2.05, 4.69) is 16.9 Å². The Morgan fingerprint density at radius 2 is 2.25 bits per heavy atom. The molecule has 1 aromatic heterocycles. The summed E-state index contributed by atoms with van der Waals surface area (Å²) in [5, 5.41) is 0. The molecule has 2 rings (SSSR count). The van der Waals surface area contributed by atoms with E-state index in [1.807, 2.05) is 0 Å². The fourth-order valence-electron chi connectivity index (χ4n) is 2.60. The van der Waals surface area contributed by atoms with Gasteiger partial charge in [0.2, 0.25) is 0 Å². The van der Waals surface area contributed by atoms with Gasteiger partial charge in [-0.05, 0) is 18.8 Å². The van der Waals surface area contributed by atoms with Crippen molar-refractivity contribution in [1.29, 1.82) is 0 Å². The fourth-order valence-corrected chi connectivity index (χ4v) is 2.60. The van der Waals surface area contributed by atoms with Gasteiger partial charge >= 0.3 is 0 Å². The molecule has 0 spiro atoms. The van der Waals surface area contributed by atoms with Crippen LogP contribution in [0.4, 0.5) is 0 Å². The Hall–Kier alpha value is -2.11. The second kappa shape index (κ2) is 6.36. The zero-order valence-corrected chi connectivity index (χ0v) is 11.7. The maximum Gasteiger partial charge on any atom is 0.252 e. The lowest BCUT2D eigenvalue weighted by atomic mass is 9.86. The molecule has 0 aromatic carbocycles. The zero-order valence-electron chi connectivity index (χ0n) is 11.7. The molecule has 1 aliphatic rings. The van der Waals surface area contributed by atoms with Gasteiger partial charge in [0.25, 0.3) is 5.91 Å². The SMILES string of the molecule is CC1CCCCC1N=C(C(=CN)C(N)=O)c1cnc[nH]1. The predicted octanol–water partition coefficient (Wildman–Crippen LogP) is 1.11. The molecule has 6 nitrogen and oxygen atoms in total. The van der Waals surface area contributed by atoms with E-state index in [9.17, 15) is 4.79 Å². The van der Waals surface area contributed by atoms with Gasteiger partial charge in [-0.15, -0.1) is 0 Å². The van der Waals surface area contributed by atoms with Crippen LogP contribution in [-0.4, -0.2) is 27.6 Å². The zero-order chi connectivity index (χ0) is 14.5. The van der Waals surface area contributed by atoms with Crippen LogP contribution >= 0.6 is 0 Å². The van der Waals surface area contributed by atoms with Crippen molar-refractivity contribution in [1.82, 2.24) is 9.97 Å². The quantitative estimate of drug-likeness (QED) is 0.565. The van der Waals surface area contributed by atoms with Crippen LogP contribution in [0, 0.1) is 5.92 Å². The van der Waals surface area contributed by atoms with Gasteiger partial charge in [0.05, 0.1) is 35.5 Å². The van der Waals surface area contributed by atoms with Gasteiger partial charge in [0, 0.05) is 6.20 Å². The Labute approximate surface area is 118 Å². The monoisotopic (exact) mass is 275 g/mol. The number of amides is 1. The van der Waals surface area contributed by atoms with Crippen LogP contribution in [0.15, 0.2) is 29.3 Å². The average Bonchev–Trinajstić information content (AvgIpc) is 2.94. The molecule has 5 N–H and O–H groups in total. The minimum Gasteiger partial charge on any atom is -0.404 e. The Morgan fingerprint density at radius 1 is 1.50 bits per heavy atom. The lowest BCUT2D eigenvalue weighted by Gasteiger charge is -2.26. The third-order valence-corrected chi connectivity index (χ3v) is 3.80. The number of H-pyrrole nitrogens is 1. The fraction of sp³-hybridized carbons (Fsp3) is 0.500. The number of aromatic amines is 1. The van der Waals surface area contributed by atoms with E-state index < -0.39 is 5.91 Å². The van der Waals surface area contributed by atoms with Gasteiger partial charge < -0.3 is 16.5 Å². The number of carbonyl (C=O) groups excluding carboxylic acids is 1. The molecule has 20 heavy (non-hydrogen) atoms. The van der Waals surface area contributed by atoms with Crippen molar-refractivity contribution in [3.05, 3.63) is 30.0 Å². The lowest BCUT2D eigenvalue weighted by Crippen LogP contribution is -2.27. The molecule has 1 aromatic rings. The van der Waals surface area contributed by atoms with E-state index in [1.54, 1.807) is 12.5 Å². The number of nitrogens with zero attached hydrogens (tertiary/aromatic N) is 2. The minimum atomic E-state index is -0.579. The van der Waals surface area contributed by atoms with E-state index in [0.717, 1.165) is 19.3 Å². The third-order valence-electron chi connectivity index (χ3n) is 3.80. The standard InChI is InChI=1S/C14H21N5O/c1-9-4-2-3-5-11(9)19-13(10(6-15)14(16)20)12-7-17-8-18-12/h6-9,11H,2-5,15H2,1H3,(H2,16,20)(H,17,18). The topological polar surface area (TPSA) is 110 Å². The summed E-state index contributed by atoms with van der Waals surface area (Å²) in [6, 6.07) is 0.191. The minimum absolute atomic E-state index is 0.191. The van der Waals surface area contributed by atoms with E-state index in [0.29, 0.717) is 17.3 Å². The highest BCUT2D eigenvalue weighted by Gasteiger charge is 2.24. The van der Waals surface area contributed by atoms with Crippen LogP contribution in [-0.2, 0) is 4.79 Å². The van der Waals surface area contributed by atoms with Crippen molar-refractivity contribution < 1.29 is 4.79 Å². The summed E-state index contributed by atoms with van der Waals surface area (Å²) in [6.45, 7) is 2.19. The third kappa shape index (κ3) is 3.07. The molecule has 1 heterocycles. The Kier molecular flexibility index (Phi) is 4.55. The lowest BCUT2D eigenvalue weighted by molar-refractivity contribution is -0.114. The van der Waals surface area contributed by atoms with Gasteiger partial charge in [0.1, 0.15) is 0 Å². The number of nitrogens with two attached hydrogens (primary N) is 2. The van der Waals surface area contributed by atoms with E-state index in [1.165, 1.54) is 12.6 Å². The molecular weight excluding hydrogens is 254 g/mol. The van der Waals surface area contributed by atoms with Gasteiger partial charge in [0.15, 0.2) is 0 Å². The van der Waals surface area contributed by atoms with Crippen molar-refractivity contribution in [2.24, 2.45) is 22.4 Å². The predicted molar refractivity (Wildman–Crippen MR) is 78.0 cm³/mol. The normalized spacial score (nSPS) is 24.6. The van der Waals surface area contributed by atoms with E-state index in [-0.39, 0.29) is 11.6 Å². The molecule has 1 saturated carbocycles. The van der Waals surface area contributed by atoms with Crippen LogP contribution in [0.1, 0.15) is 38.3 Å². The highest BCUT2D eigenvalue weighted by Crippen LogP contribution is 2.27. The average molecular weight is 275 g/mol. The number of primary amides is 1. The molecule has 0 bridgehead atoms. The Balaban J connectivity index is 2.38. The number of imidazole rings is 1. The van der Waals surface area contributed by atoms with Crippen LogP contribution in [0.3, 0.4) is 0 Å². The summed E-state index contributed by atoms with van der Waals surface area (Å²) in [5.74, 6) is -0.0853. The second-order valence-electron chi connectivity index (χ2n) is 5.22. The number of aromatic nitrogens is 2. The highest BCUT2D eigenvalue weighted by molar-refractivity contribution is 6.27. The molecule has 2 unspecified atom stereocenters. The molecule has 108 valence electrons. The van der Waals surface area contributed by atoms with E-state index >= 15 is 0 Å². The van der Waals surface area contributed by atoms with Crippen molar-refractivity contribution in [3.63, 3.8) is 0 Å². The maximum atomic E-state index is 11.5. The van der Waals surface area contributed by atoms with E-state index in [4.69, 9.17) is 16.5 Å². The largest absolute Gasteiger partial charge is 0.404 e. The van der Waals surface area contributed by atoms with Gasteiger partial charge in [-0.2, -0.15) is 0 Å². The first kappa shape index (κ1) is 14.3. The first-order valence-corrected chi connectivity index (χ1v) is 6.92.